The van der Waals surface area contributed by atoms with Gasteiger partial charge in [-0.1, -0.05) is 24.3 Å². The lowest BCUT2D eigenvalue weighted by Gasteiger charge is -2.08. The molecule has 0 bridgehead atoms. The van der Waals surface area contributed by atoms with E-state index in [2.05, 4.69) is 26.7 Å². The van der Waals surface area contributed by atoms with Gasteiger partial charge in [0.15, 0.2) is 0 Å². The van der Waals surface area contributed by atoms with Crippen LogP contribution in [0.4, 0.5) is 0 Å². The monoisotopic (exact) mass is 386 g/mol. The van der Waals surface area contributed by atoms with E-state index in [1.54, 1.807) is 0 Å². The number of hydrogen-bond acceptors (Lipinski definition) is 4. The number of pyridine rings is 3. The van der Waals surface area contributed by atoms with E-state index in [9.17, 15) is 0 Å². The van der Waals surface area contributed by atoms with Crippen LogP contribution in [0.5, 0.6) is 0 Å². The molecule has 140 valence electrons. The minimum atomic E-state index is 0.840. The molecule has 2 aromatic carbocycles. The lowest BCUT2D eigenvalue weighted by Crippen LogP contribution is -1.97. The van der Waals surface area contributed by atoms with E-state index in [0.29, 0.717) is 0 Å². The van der Waals surface area contributed by atoms with E-state index in [1.165, 1.54) is 0 Å². The van der Waals surface area contributed by atoms with E-state index in [0.717, 1.165) is 60.5 Å². The number of nitrogens with zero attached hydrogens (tertiary/aromatic N) is 4. The Balaban J connectivity index is 1.91. The second-order valence-electron chi connectivity index (χ2n) is 7.34. The molecule has 5 heterocycles. The van der Waals surface area contributed by atoms with Crippen molar-refractivity contribution >= 4 is 54.6 Å². The summed E-state index contributed by atoms with van der Waals surface area (Å²) >= 11 is 0. The van der Waals surface area contributed by atoms with Gasteiger partial charge in [0.2, 0.25) is 0 Å². The molecule has 5 aromatic heterocycles. The van der Waals surface area contributed by atoms with Crippen molar-refractivity contribution in [1.82, 2.24) is 19.5 Å². The molecule has 0 amide bonds. The predicted molar refractivity (Wildman–Crippen MR) is 119 cm³/mol. The number of aromatic nitrogens is 4. The molecule has 0 radical (unpaired) electrons. The Morgan fingerprint density at radius 1 is 0.700 bits per heavy atom. The number of furan rings is 1. The zero-order chi connectivity index (χ0) is 19.7. The largest absolute Gasteiger partial charge is 0.455 e. The summed E-state index contributed by atoms with van der Waals surface area (Å²) in [7, 11) is 0. The lowest BCUT2D eigenvalue weighted by atomic mass is 10.0. The topological polar surface area (TPSA) is 56.7 Å². The third kappa shape index (κ3) is 1.89. The maximum Gasteiger partial charge on any atom is 0.146 e. The van der Waals surface area contributed by atoms with Crippen LogP contribution < -0.4 is 0 Å². The average molecular weight is 386 g/mol. The first-order valence-corrected chi connectivity index (χ1v) is 9.79. The first kappa shape index (κ1) is 15.6. The fraction of sp³-hybridized carbons (Fsp3) is 0. The van der Waals surface area contributed by atoms with Gasteiger partial charge < -0.3 is 4.42 Å². The van der Waals surface area contributed by atoms with E-state index in [4.69, 9.17) is 9.40 Å². The zero-order valence-electron chi connectivity index (χ0n) is 15.8. The van der Waals surface area contributed by atoms with Gasteiger partial charge in [-0.2, -0.15) is 0 Å². The summed E-state index contributed by atoms with van der Waals surface area (Å²) in [5.41, 5.74) is 4.72. The second kappa shape index (κ2) is 5.64. The number of para-hydroxylation sites is 1. The van der Waals surface area contributed by atoms with Gasteiger partial charge in [-0.05, 0) is 36.4 Å². The Hall–Kier alpha value is -4.25. The molecular weight excluding hydrogens is 372 g/mol. The van der Waals surface area contributed by atoms with Crippen molar-refractivity contribution in [3.63, 3.8) is 0 Å². The maximum absolute atomic E-state index is 6.37. The highest BCUT2D eigenvalue weighted by Crippen LogP contribution is 2.44. The Kier molecular flexibility index (Phi) is 2.94. The first-order chi connectivity index (χ1) is 14.9. The molecule has 0 fully saturated rings. The zero-order valence-corrected chi connectivity index (χ0v) is 15.8. The van der Waals surface area contributed by atoms with Crippen LogP contribution in [0, 0.1) is 0 Å². The highest BCUT2D eigenvalue weighted by molar-refractivity contribution is 6.34. The third-order valence-corrected chi connectivity index (χ3v) is 5.77. The van der Waals surface area contributed by atoms with Gasteiger partial charge >= 0.3 is 0 Å². The van der Waals surface area contributed by atoms with Crippen LogP contribution in [0.25, 0.3) is 60.5 Å². The van der Waals surface area contributed by atoms with Crippen molar-refractivity contribution in [2.24, 2.45) is 0 Å². The number of hydrogen-bond donors (Lipinski definition) is 0. The fourth-order valence-electron chi connectivity index (χ4n) is 4.59. The van der Waals surface area contributed by atoms with Gasteiger partial charge in [0, 0.05) is 46.3 Å². The molecule has 7 rings (SSSR count). The predicted octanol–water partition coefficient (Wildman–Crippen LogP) is 6.02. The van der Waals surface area contributed by atoms with Crippen molar-refractivity contribution in [1.29, 1.82) is 0 Å². The van der Waals surface area contributed by atoms with Crippen LogP contribution in [0.3, 0.4) is 0 Å². The molecule has 7 aromatic rings. The summed E-state index contributed by atoms with van der Waals surface area (Å²) in [5, 5.41) is 5.28. The maximum atomic E-state index is 6.37. The summed E-state index contributed by atoms with van der Waals surface area (Å²) in [6.07, 6.45) is 7.36. The SMILES string of the molecule is c1ccc(-n2c3cccnc3c3c4ccncc4c4oc5ccccc5c4c32)nc1. The summed E-state index contributed by atoms with van der Waals surface area (Å²) in [6.45, 7) is 0. The smallest absolute Gasteiger partial charge is 0.146 e. The van der Waals surface area contributed by atoms with Crippen molar-refractivity contribution < 1.29 is 4.42 Å². The molecule has 5 heteroatoms. The Labute approximate surface area is 170 Å². The van der Waals surface area contributed by atoms with Gasteiger partial charge in [-0.15, -0.1) is 0 Å². The number of benzene rings is 2. The van der Waals surface area contributed by atoms with E-state index >= 15 is 0 Å². The van der Waals surface area contributed by atoms with Gasteiger partial charge in [-0.25, -0.2) is 4.98 Å². The lowest BCUT2D eigenvalue weighted by molar-refractivity contribution is 0.672. The Morgan fingerprint density at radius 2 is 1.60 bits per heavy atom. The molecule has 0 aliphatic carbocycles. The normalized spacial score (nSPS) is 12.0. The van der Waals surface area contributed by atoms with Crippen molar-refractivity contribution in [2.45, 2.75) is 0 Å². The van der Waals surface area contributed by atoms with Crippen LogP contribution in [0.2, 0.25) is 0 Å². The molecule has 0 saturated heterocycles. The molecule has 5 nitrogen and oxygen atoms in total. The summed E-state index contributed by atoms with van der Waals surface area (Å²) < 4.78 is 8.56. The van der Waals surface area contributed by atoms with Crippen molar-refractivity contribution in [3.05, 3.63) is 85.5 Å². The molecule has 0 saturated carbocycles. The molecule has 0 aliphatic rings. The summed E-state index contributed by atoms with van der Waals surface area (Å²) in [6, 6.07) is 20.2. The highest BCUT2D eigenvalue weighted by atomic mass is 16.3. The van der Waals surface area contributed by atoms with Gasteiger partial charge in [0.05, 0.1) is 21.9 Å². The average Bonchev–Trinajstić information content (AvgIpc) is 3.36. The number of rotatable bonds is 1. The minimum absolute atomic E-state index is 0.840. The van der Waals surface area contributed by atoms with Crippen LogP contribution in [-0.2, 0) is 0 Å². The van der Waals surface area contributed by atoms with Crippen molar-refractivity contribution in [3.8, 4) is 5.82 Å². The quantitative estimate of drug-likeness (QED) is 0.346. The van der Waals surface area contributed by atoms with Gasteiger partial charge in [-0.3, -0.25) is 14.5 Å². The standard InChI is InChI=1S/C25H14N4O/c1-2-8-19-16(6-1)22-24-21(15-10-13-26-14-17(15)25(22)30-19)23-18(7-5-12-28-23)29(24)20-9-3-4-11-27-20/h1-14H. The van der Waals surface area contributed by atoms with Crippen LogP contribution in [-0.4, -0.2) is 19.5 Å². The molecule has 0 unspecified atom stereocenters. The van der Waals surface area contributed by atoms with Crippen LogP contribution >= 0.6 is 0 Å². The molecule has 0 N–H and O–H groups in total. The molecule has 30 heavy (non-hydrogen) atoms. The molecule has 0 atom stereocenters. The third-order valence-electron chi connectivity index (χ3n) is 5.77. The summed E-state index contributed by atoms with van der Waals surface area (Å²) in [5.74, 6) is 0.852. The summed E-state index contributed by atoms with van der Waals surface area (Å²) in [4.78, 5) is 13.8. The second-order valence-corrected chi connectivity index (χ2v) is 7.34. The minimum Gasteiger partial charge on any atom is -0.455 e. The number of fused-ring (bicyclic) bond motifs is 10. The van der Waals surface area contributed by atoms with Crippen LogP contribution in [0.1, 0.15) is 0 Å². The highest BCUT2D eigenvalue weighted by Gasteiger charge is 2.23. The molecule has 0 aliphatic heterocycles. The molecular formula is C25H14N4O. The van der Waals surface area contributed by atoms with Gasteiger partial charge in [0.1, 0.15) is 17.0 Å². The Morgan fingerprint density at radius 3 is 2.53 bits per heavy atom. The van der Waals surface area contributed by atoms with E-state index in [-0.39, 0.29) is 0 Å². The van der Waals surface area contributed by atoms with E-state index < -0.39 is 0 Å². The van der Waals surface area contributed by atoms with E-state index in [1.807, 2.05) is 73.3 Å². The first-order valence-electron chi connectivity index (χ1n) is 9.79. The fourth-order valence-corrected chi connectivity index (χ4v) is 4.59. The van der Waals surface area contributed by atoms with Crippen LogP contribution in [0.15, 0.2) is 89.9 Å². The molecule has 0 spiro atoms. The van der Waals surface area contributed by atoms with Crippen molar-refractivity contribution in [2.75, 3.05) is 0 Å². The Bertz CT molecular complexity index is 1750. The van der Waals surface area contributed by atoms with Gasteiger partial charge in [0.25, 0.3) is 0 Å².